The Labute approximate surface area is 161 Å². The number of hydrogen-bond donors (Lipinski definition) is 1. The molecule has 1 aliphatic rings. The smallest absolute Gasteiger partial charge is 0.239 e. The van der Waals surface area contributed by atoms with Crippen LogP contribution in [-0.4, -0.2) is 5.91 Å². The highest BCUT2D eigenvalue weighted by Crippen LogP contribution is 2.45. The maximum atomic E-state index is 13.3. The monoisotopic (exact) mass is 355 g/mol. The lowest BCUT2D eigenvalue weighted by atomic mass is 9.70. The number of fused-ring (bicyclic) bond motifs is 1. The summed E-state index contributed by atoms with van der Waals surface area (Å²) < 4.78 is 0. The van der Waals surface area contributed by atoms with E-state index in [0.29, 0.717) is 6.42 Å². The Morgan fingerprint density at radius 2 is 1.44 bits per heavy atom. The van der Waals surface area contributed by atoms with Crippen molar-refractivity contribution in [3.05, 3.63) is 101 Å². The van der Waals surface area contributed by atoms with Crippen LogP contribution in [0.3, 0.4) is 0 Å². The fraction of sp³-hybridized carbons (Fsp3) is 0.240. The molecule has 2 heteroatoms. The third-order valence-corrected chi connectivity index (χ3v) is 5.58. The molecule has 0 radical (unpaired) electrons. The Kier molecular flexibility index (Phi) is 4.15. The SMILES string of the molecule is CC(C)(C)c1ccc([C@@]2(Cc3ccccc3)C(=O)Nc3ccccc32)cc1. The Hall–Kier alpha value is -2.87. The van der Waals surface area contributed by atoms with Crippen LogP contribution >= 0.6 is 0 Å². The number of hydrogen-bond acceptors (Lipinski definition) is 1. The number of amides is 1. The minimum atomic E-state index is -0.700. The molecule has 0 saturated carbocycles. The molecule has 1 aliphatic heterocycles. The van der Waals surface area contributed by atoms with E-state index in [1.54, 1.807) is 0 Å². The van der Waals surface area contributed by atoms with Gasteiger partial charge in [-0.05, 0) is 40.2 Å². The van der Waals surface area contributed by atoms with E-state index in [4.69, 9.17) is 0 Å². The van der Waals surface area contributed by atoms with Gasteiger partial charge in [-0.25, -0.2) is 0 Å². The molecule has 1 N–H and O–H groups in total. The number of benzene rings is 3. The van der Waals surface area contributed by atoms with Gasteiger partial charge in [-0.15, -0.1) is 0 Å². The molecule has 27 heavy (non-hydrogen) atoms. The Bertz CT molecular complexity index is 967. The second-order valence-corrected chi connectivity index (χ2v) is 8.39. The van der Waals surface area contributed by atoms with E-state index in [9.17, 15) is 4.79 Å². The van der Waals surface area contributed by atoms with Gasteiger partial charge in [0, 0.05) is 5.69 Å². The van der Waals surface area contributed by atoms with Crippen molar-refractivity contribution in [2.45, 2.75) is 38.0 Å². The molecule has 0 fully saturated rings. The van der Waals surface area contributed by atoms with Crippen molar-refractivity contribution in [1.29, 1.82) is 0 Å². The van der Waals surface area contributed by atoms with Crippen molar-refractivity contribution >= 4 is 11.6 Å². The van der Waals surface area contributed by atoms with Gasteiger partial charge in [-0.2, -0.15) is 0 Å². The zero-order valence-corrected chi connectivity index (χ0v) is 16.1. The van der Waals surface area contributed by atoms with Gasteiger partial charge in [-0.1, -0.05) is 93.6 Å². The molecule has 1 amide bonds. The second-order valence-electron chi connectivity index (χ2n) is 8.39. The first kappa shape index (κ1) is 17.5. The van der Waals surface area contributed by atoms with Gasteiger partial charge < -0.3 is 5.32 Å². The molecule has 4 rings (SSSR count). The molecular weight excluding hydrogens is 330 g/mol. The average Bonchev–Trinajstić information content (AvgIpc) is 2.94. The largest absolute Gasteiger partial charge is 0.325 e. The molecule has 0 aliphatic carbocycles. The Balaban J connectivity index is 1.89. The summed E-state index contributed by atoms with van der Waals surface area (Å²) in [4.78, 5) is 13.3. The highest BCUT2D eigenvalue weighted by Gasteiger charge is 2.48. The van der Waals surface area contributed by atoms with Crippen molar-refractivity contribution in [3.63, 3.8) is 0 Å². The highest BCUT2D eigenvalue weighted by atomic mass is 16.2. The first-order valence-corrected chi connectivity index (χ1v) is 9.47. The standard InChI is InChI=1S/C25H25NO/c1-24(2,3)19-13-15-20(16-14-19)25(17-18-9-5-4-6-10-18)21-11-7-8-12-22(21)26-23(25)27/h4-16H,17H2,1-3H3,(H,26,27)/t25-/m1/s1. The minimum absolute atomic E-state index is 0.0519. The zero-order valence-electron chi connectivity index (χ0n) is 16.1. The van der Waals surface area contributed by atoms with Crippen molar-refractivity contribution in [2.24, 2.45) is 0 Å². The van der Waals surface area contributed by atoms with E-state index in [1.807, 2.05) is 36.4 Å². The fourth-order valence-corrected chi connectivity index (χ4v) is 4.04. The van der Waals surface area contributed by atoms with Gasteiger partial charge in [0.2, 0.25) is 5.91 Å². The third kappa shape index (κ3) is 2.95. The lowest BCUT2D eigenvalue weighted by molar-refractivity contribution is -0.119. The Morgan fingerprint density at radius 3 is 2.11 bits per heavy atom. The molecule has 136 valence electrons. The number of rotatable bonds is 3. The summed E-state index contributed by atoms with van der Waals surface area (Å²) >= 11 is 0. The van der Waals surface area contributed by atoms with Gasteiger partial charge in [0.05, 0.1) is 0 Å². The summed E-state index contributed by atoms with van der Waals surface area (Å²) in [7, 11) is 0. The predicted molar refractivity (Wildman–Crippen MR) is 111 cm³/mol. The molecule has 1 atom stereocenters. The van der Waals surface area contributed by atoms with Crippen molar-refractivity contribution < 1.29 is 4.79 Å². The van der Waals surface area contributed by atoms with Crippen molar-refractivity contribution in [2.75, 3.05) is 5.32 Å². The van der Waals surface area contributed by atoms with Crippen LogP contribution in [0, 0.1) is 0 Å². The lowest BCUT2D eigenvalue weighted by Crippen LogP contribution is -2.38. The molecule has 3 aromatic carbocycles. The summed E-state index contributed by atoms with van der Waals surface area (Å²) in [5.41, 5.74) is 4.83. The third-order valence-electron chi connectivity index (χ3n) is 5.58. The van der Waals surface area contributed by atoms with Gasteiger partial charge in [0.25, 0.3) is 0 Å². The average molecular weight is 355 g/mol. The molecule has 2 nitrogen and oxygen atoms in total. The normalized spacial score (nSPS) is 18.9. The van der Waals surface area contributed by atoms with E-state index in [0.717, 1.165) is 22.4 Å². The Morgan fingerprint density at radius 1 is 0.815 bits per heavy atom. The predicted octanol–water partition coefficient (Wildman–Crippen LogP) is 5.47. The second kappa shape index (κ2) is 6.38. The number of anilines is 1. The molecule has 0 spiro atoms. The highest BCUT2D eigenvalue weighted by molar-refractivity contribution is 6.09. The van der Waals surface area contributed by atoms with Gasteiger partial charge in [0.1, 0.15) is 5.41 Å². The quantitative estimate of drug-likeness (QED) is 0.663. The van der Waals surface area contributed by atoms with Gasteiger partial charge >= 0.3 is 0 Å². The van der Waals surface area contributed by atoms with Crippen molar-refractivity contribution in [3.8, 4) is 0 Å². The van der Waals surface area contributed by atoms with Crippen molar-refractivity contribution in [1.82, 2.24) is 0 Å². The van der Waals surface area contributed by atoms with E-state index in [-0.39, 0.29) is 11.3 Å². The first-order valence-electron chi connectivity index (χ1n) is 9.47. The molecule has 0 saturated heterocycles. The van der Waals surface area contributed by atoms with Crippen LogP contribution in [0.15, 0.2) is 78.9 Å². The molecule has 3 aromatic rings. The summed E-state index contributed by atoms with van der Waals surface area (Å²) in [6.45, 7) is 6.62. The fourth-order valence-electron chi connectivity index (χ4n) is 4.04. The number of carbonyl (C=O) groups excluding carboxylic acids is 1. The molecule has 1 heterocycles. The first-order chi connectivity index (χ1) is 12.9. The van der Waals surface area contributed by atoms with Crippen LogP contribution in [0.25, 0.3) is 0 Å². The van der Waals surface area contributed by atoms with E-state index >= 15 is 0 Å². The van der Waals surface area contributed by atoms with Gasteiger partial charge in [0.15, 0.2) is 0 Å². The summed E-state index contributed by atoms with van der Waals surface area (Å²) in [5.74, 6) is 0.0519. The van der Waals surface area contributed by atoms with Crippen LogP contribution < -0.4 is 5.32 Å². The van der Waals surface area contributed by atoms with Crippen LogP contribution in [0.4, 0.5) is 5.69 Å². The van der Waals surface area contributed by atoms with E-state index in [2.05, 4.69) is 68.6 Å². The number of carbonyl (C=O) groups is 1. The molecular formula is C25H25NO. The van der Waals surface area contributed by atoms with Gasteiger partial charge in [-0.3, -0.25) is 4.79 Å². The van der Waals surface area contributed by atoms with E-state index < -0.39 is 5.41 Å². The number of para-hydroxylation sites is 1. The number of nitrogens with one attached hydrogen (secondary N) is 1. The summed E-state index contributed by atoms with van der Waals surface area (Å²) in [6.07, 6.45) is 0.644. The minimum Gasteiger partial charge on any atom is -0.325 e. The topological polar surface area (TPSA) is 29.1 Å². The zero-order chi connectivity index (χ0) is 19.1. The molecule has 0 unspecified atom stereocenters. The molecule has 0 aromatic heterocycles. The summed E-state index contributed by atoms with van der Waals surface area (Å²) in [6, 6.07) is 26.9. The van der Waals surface area contributed by atoms with E-state index in [1.165, 1.54) is 5.56 Å². The lowest BCUT2D eigenvalue weighted by Gasteiger charge is -2.29. The molecule has 0 bridgehead atoms. The van der Waals surface area contributed by atoms with Crippen LogP contribution in [0.5, 0.6) is 0 Å². The maximum Gasteiger partial charge on any atom is 0.239 e. The van der Waals surface area contributed by atoms with Crippen LogP contribution in [-0.2, 0) is 22.0 Å². The van der Waals surface area contributed by atoms with Crippen LogP contribution in [0.1, 0.15) is 43.0 Å². The maximum absolute atomic E-state index is 13.3. The van der Waals surface area contributed by atoms with Crippen LogP contribution in [0.2, 0.25) is 0 Å². The summed E-state index contributed by atoms with van der Waals surface area (Å²) in [5, 5.41) is 3.11.